The highest BCUT2D eigenvalue weighted by molar-refractivity contribution is 5.92. The normalized spacial score (nSPS) is 55.2. The second-order valence-electron chi connectivity index (χ2n) is 12.0. The van der Waals surface area contributed by atoms with Crippen molar-refractivity contribution in [3.05, 3.63) is 11.6 Å². The second kappa shape index (κ2) is 6.20. The van der Waals surface area contributed by atoms with Crippen LogP contribution in [0.2, 0.25) is 0 Å². The summed E-state index contributed by atoms with van der Waals surface area (Å²) in [5, 5.41) is 0. The van der Waals surface area contributed by atoms with Gasteiger partial charge in [0, 0.05) is 20.6 Å². The number of carbonyl (C=O) groups is 1. The highest BCUT2D eigenvalue weighted by Gasteiger charge is 2.78. The predicted molar refractivity (Wildman–Crippen MR) is 114 cm³/mol. The summed E-state index contributed by atoms with van der Waals surface area (Å²) in [6.07, 6.45) is 8.83. The van der Waals surface area contributed by atoms with E-state index in [1.807, 2.05) is 0 Å². The first-order valence-corrected chi connectivity index (χ1v) is 12.2. The SMILES string of the molecule is COC(CO[C@@]1(C)[C@H]2C[C@H]2C2C3C(CC[C@@]21C)[C@@]1(C)CCC(=O)C=C1[C@@H]1C[C@H]31)OC. The van der Waals surface area contributed by atoms with E-state index in [1.165, 1.54) is 25.7 Å². The fraction of sp³-hybridized carbons (Fsp3) is 0.885. The fourth-order valence-electron chi connectivity index (χ4n) is 9.41. The van der Waals surface area contributed by atoms with Gasteiger partial charge in [-0.1, -0.05) is 19.4 Å². The molecule has 10 atom stereocenters. The molecule has 6 aliphatic rings. The number of fused-ring (bicyclic) bond motifs is 10. The minimum atomic E-state index is -0.285. The van der Waals surface area contributed by atoms with Gasteiger partial charge in [0.2, 0.25) is 0 Å². The lowest BCUT2D eigenvalue weighted by Gasteiger charge is -2.60. The van der Waals surface area contributed by atoms with Crippen LogP contribution in [-0.2, 0) is 19.0 Å². The summed E-state index contributed by atoms with van der Waals surface area (Å²) in [6, 6.07) is 0. The Morgan fingerprint density at radius 2 is 1.83 bits per heavy atom. The molecule has 0 bridgehead atoms. The lowest BCUT2D eigenvalue weighted by Crippen LogP contribution is -2.57. The monoisotopic (exact) mass is 414 g/mol. The number of ketones is 1. The van der Waals surface area contributed by atoms with E-state index in [1.54, 1.807) is 19.8 Å². The molecule has 0 amide bonds. The molecule has 3 unspecified atom stereocenters. The van der Waals surface area contributed by atoms with E-state index in [2.05, 4.69) is 26.8 Å². The van der Waals surface area contributed by atoms with E-state index in [-0.39, 0.29) is 22.7 Å². The van der Waals surface area contributed by atoms with Gasteiger partial charge in [-0.3, -0.25) is 4.79 Å². The quantitative estimate of drug-likeness (QED) is 0.616. The van der Waals surface area contributed by atoms with E-state index in [9.17, 15) is 4.79 Å². The lowest BCUT2D eigenvalue weighted by atomic mass is 9.45. The minimum Gasteiger partial charge on any atom is -0.369 e. The summed E-state index contributed by atoms with van der Waals surface area (Å²) < 4.78 is 17.6. The van der Waals surface area contributed by atoms with Crippen molar-refractivity contribution >= 4 is 5.78 Å². The van der Waals surface area contributed by atoms with Crippen molar-refractivity contribution in [2.75, 3.05) is 20.8 Å². The molecule has 0 spiro atoms. The minimum absolute atomic E-state index is 0.0768. The summed E-state index contributed by atoms with van der Waals surface area (Å²) in [4.78, 5) is 12.2. The van der Waals surface area contributed by atoms with Gasteiger partial charge in [-0.15, -0.1) is 0 Å². The molecule has 30 heavy (non-hydrogen) atoms. The largest absolute Gasteiger partial charge is 0.369 e. The smallest absolute Gasteiger partial charge is 0.180 e. The van der Waals surface area contributed by atoms with Gasteiger partial charge in [0.15, 0.2) is 12.1 Å². The molecule has 0 aromatic heterocycles. The van der Waals surface area contributed by atoms with Gasteiger partial charge in [-0.2, -0.15) is 0 Å². The molecule has 0 aliphatic heterocycles. The molecule has 4 heteroatoms. The zero-order chi connectivity index (χ0) is 21.1. The predicted octanol–water partition coefficient (Wildman–Crippen LogP) is 4.62. The van der Waals surface area contributed by atoms with Gasteiger partial charge in [0.25, 0.3) is 0 Å². The molecule has 0 aromatic rings. The van der Waals surface area contributed by atoms with E-state index >= 15 is 0 Å². The molecule has 6 aliphatic carbocycles. The van der Waals surface area contributed by atoms with Gasteiger partial charge in [0.05, 0.1) is 12.2 Å². The summed E-state index contributed by atoms with van der Waals surface area (Å²) >= 11 is 0. The Hall–Kier alpha value is -0.710. The number of ether oxygens (including phenoxy) is 3. The third-order valence-electron chi connectivity index (χ3n) is 11.2. The Bertz CT molecular complexity index is 801. The van der Waals surface area contributed by atoms with Crippen molar-refractivity contribution < 1.29 is 19.0 Å². The molecular formula is C26H38O4. The highest BCUT2D eigenvalue weighted by atomic mass is 16.7. The lowest BCUT2D eigenvalue weighted by molar-refractivity contribution is -0.215. The zero-order valence-electron chi connectivity index (χ0n) is 19.3. The molecule has 4 nitrogen and oxygen atoms in total. The van der Waals surface area contributed by atoms with Crippen LogP contribution in [0.15, 0.2) is 11.6 Å². The molecule has 166 valence electrons. The maximum Gasteiger partial charge on any atom is 0.180 e. The molecule has 5 fully saturated rings. The van der Waals surface area contributed by atoms with Crippen LogP contribution in [0.3, 0.4) is 0 Å². The van der Waals surface area contributed by atoms with Crippen LogP contribution >= 0.6 is 0 Å². The van der Waals surface area contributed by atoms with Crippen LogP contribution in [-0.4, -0.2) is 38.5 Å². The molecule has 0 radical (unpaired) electrons. The number of allylic oxidation sites excluding steroid dienone is 1. The molecule has 6 rings (SSSR count). The van der Waals surface area contributed by atoms with E-state index in [0.717, 1.165) is 42.4 Å². The van der Waals surface area contributed by atoms with Crippen molar-refractivity contribution in [1.82, 2.24) is 0 Å². The van der Waals surface area contributed by atoms with Gasteiger partial charge in [0.1, 0.15) is 0 Å². The Kier molecular flexibility index (Phi) is 4.12. The van der Waals surface area contributed by atoms with Gasteiger partial charge >= 0.3 is 0 Å². The van der Waals surface area contributed by atoms with Crippen molar-refractivity contribution in [3.63, 3.8) is 0 Å². The molecule has 5 saturated carbocycles. The van der Waals surface area contributed by atoms with E-state index in [4.69, 9.17) is 14.2 Å². The van der Waals surface area contributed by atoms with Crippen molar-refractivity contribution in [3.8, 4) is 0 Å². The first-order valence-electron chi connectivity index (χ1n) is 12.2. The highest BCUT2D eigenvalue weighted by Crippen LogP contribution is 2.81. The van der Waals surface area contributed by atoms with E-state index in [0.29, 0.717) is 24.2 Å². The molecule has 0 heterocycles. The number of rotatable bonds is 5. The van der Waals surface area contributed by atoms with Crippen LogP contribution in [0.4, 0.5) is 0 Å². The molecule has 0 aromatic carbocycles. The Balaban J connectivity index is 1.33. The summed E-state index contributed by atoms with van der Waals surface area (Å²) in [5.41, 5.74) is 1.97. The average molecular weight is 415 g/mol. The van der Waals surface area contributed by atoms with Crippen LogP contribution in [0, 0.1) is 52.3 Å². The first-order chi connectivity index (χ1) is 14.3. The van der Waals surface area contributed by atoms with Crippen LogP contribution in [0.1, 0.15) is 59.3 Å². The molecule has 0 saturated heterocycles. The maximum atomic E-state index is 12.2. The topological polar surface area (TPSA) is 44.8 Å². The first kappa shape index (κ1) is 19.9. The standard InChI is InChI=1S/C26H38O4/c1-24-8-6-14(27)10-19(24)15-11-16(15)22-18(24)7-9-25(2)23(22)17-12-20(17)26(25,3)30-13-21(28-4)29-5/h10,15-18,20-23H,6-9,11-13H2,1-5H3/t15-,16+,17-,18?,20+,22?,23?,24-,25+,26+/m1/s1. The van der Waals surface area contributed by atoms with Gasteiger partial charge < -0.3 is 14.2 Å². The summed E-state index contributed by atoms with van der Waals surface area (Å²) in [6.45, 7) is 7.98. The Labute approximate surface area is 181 Å². The van der Waals surface area contributed by atoms with Crippen molar-refractivity contribution in [2.24, 2.45) is 52.3 Å². The van der Waals surface area contributed by atoms with E-state index < -0.39 is 0 Å². The summed E-state index contributed by atoms with van der Waals surface area (Å²) in [7, 11) is 3.39. The number of hydrogen-bond acceptors (Lipinski definition) is 4. The third kappa shape index (κ3) is 2.31. The average Bonchev–Trinajstić information content (AvgIpc) is 3.63. The molecule has 0 N–H and O–H groups in total. The molecular weight excluding hydrogens is 376 g/mol. The fourth-order valence-corrected chi connectivity index (χ4v) is 9.41. The van der Waals surface area contributed by atoms with Crippen LogP contribution in [0.5, 0.6) is 0 Å². The Morgan fingerprint density at radius 3 is 2.57 bits per heavy atom. The Morgan fingerprint density at radius 1 is 1.07 bits per heavy atom. The maximum absolute atomic E-state index is 12.2. The van der Waals surface area contributed by atoms with Gasteiger partial charge in [-0.25, -0.2) is 0 Å². The summed E-state index contributed by atoms with van der Waals surface area (Å²) in [5.74, 6) is 5.77. The van der Waals surface area contributed by atoms with Crippen LogP contribution < -0.4 is 0 Å². The van der Waals surface area contributed by atoms with Crippen LogP contribution in [0.25, 0.3) is 0 Å². The zero-order valence-corrected chi connectivity index (χ0v) is 19.3. The number of hydrogen-bond donors (Lipinski definition) is 0. The van der Waals surface area contributed by atoms with Crippen molar-refractivity contribution in [1.29, 1.82) is 0 Å². The second-order valence-corrected chi connectivity index (χ2v) is 12.0. The number of carbonyl (C=O) groups excluding carboxylic acids is 1. The van der Waals surface area contributed by atoms with Crippen molar-refractivity contribution in [2.45, 2.75) is 71.2 Å². The van der Waals surface area contributed by atoms with Gasteiger partial charge in [-0.05, 0) is 97.4 Å². The third-order valence-corrected chi connectivity index (χ3v) is 11.2. The number of methoxy groups -OCH3 is 2.